The summed E-state index contributed by atoms with van der Waals surface area (Å²) in [6, 6.07) is 5.84. The van der Waals surface area contributed by atoms with Crippen LogP contribution in [0.2, 0.25) is 0 Å². The van der Waals surface area contributed by atoms with E-state index in [0.717, 1.165) is 17.4 Å². The average Bonchev–Trinajstić information content (AvgIpc) is 2.41. The van der Waals surface area contributed by atoms with Gasteiger partial charge in [0.1, 0.15) is 0 Å². The van der Waals surface area contributed by atoms with Crippen LogP contribution in [0.1, 0.15) is 26.3 Å². The first-order valence-electron chi connectivity index (χ1n) is 6.68. The van der Waals surface area contributed by atoms with E-state index < -0.39 is 15.8 Å². The van der Waals surface area contributed by atoms with Gasteiger partial charge in [0, 0.05) is 6.26 Å². The highest BCUT2D eigenvalue weighted by Crippen LogP contribution is 2.19. The fourth-order valence-corrected chi connectivity index (χ4v) is 2.35. The Morgan fingerprint density at radius 1 is 1.05 bits per heavy atom. The van der Waals surface area contributed by atoms with Crippen molar-refractivity contribution in [2.24, 2.45) is 0 Å². The molecule has 0 aromatic heterocycles. The number of aliphatic carboxylic acids is 1. The van der Waals surface area contributed by atoms with Crippen molar-refractivity contribution in [1.29, 1.82) is 0 Å². The van der Waals surface area contributed by atoms with Gasteiger partial charge >= 0.3 is 5.97 Å². The second kappa shape index (κ2) is 7.22. The van der Waals surface area contributed by atoms with Gasteiger partial charge in [-0.1, -0.05) is 35.4 Å². The van der Waals surface area contributed by atoms with Gasteiger partial charge < -0.3 is 5.11 Å². The van der Waals surface area contributed by atoms with Crippen molar-refractivity contribution < 1.29 is 18.3 Å². The van der Waals surface area contributed by atoms with Crippen LogP contribution < -0.4 is 0 Å². The van der Waals surface area contributed by atoms with Crippen LogP contribution >= 0.6 is 0 Å². The van der Waals surface area contributed by atoms with Crippen LogP contribution in [-0.2, 0) is 14.6 Å². The van der Waals surface area contributed by atoms with Crippen molar-refractivity contribution in [1.82, 2.24) is 0 Å². The highest BCUT2D eigenvalue weighted by atomic mass is 32.2. The maximum absolute atomic E-state index is 11.4. The monoisotopic (exact) mass is 320 g/mol. The highest BCUT2D eigenvalue weighted by molar-refractivity contribution is 7.90. The Hall–Kier alpha value is -2.14. The molecular weight excluding hydrogens is 300 g/mol. The molecule has 0 aliphatic heterocycles. The molecular formula is C17H20O4S. The molecule has 0 unspecified atom stereocenters. The van der Waals surface area contributed by atoms with E-state index >= 15 is 0 Å². The van der Waals surface area contributed by atoms with E-state index in [2.05, 4.69) is 0 Å². The van der Waals surface area contributed by atoms with Gasteiger partial charge in [0.25, 0.3) is 0 Å². The van der Waals surface area contributed by atoms with Gasteiger partial charge in [0.15, 0.2) is 9.84 Å². The maximum atomic E-state index is 11.4. The number of sulfone groups is 1. The number of hydrogen-bond donors (Lipinski definition) is 1. The topological polar surface area (TPSA) is 71.4 Å². The van der Waals surface area contributed by atoms with Crippen molar-refractivity contribution in [2.75, 3.05) is 6.26 Å². The number of carbonyl (C=O) groups is 1. The zero-order valence-electron chi connectivity index (χ0n) is 13.1. The third kappa shape index (κ3) is 5.33. The lowest BCUT2D eigenvalue weighted by atomic mass is 10.0. The molecule has 0 fully saturated rings. The summed E-state index contributed by atoms with van der Waals surface area (Å²) in [6.45, 7) is 5.72. The van der Waals surface area contributed by atoms with Crippen LogP contribution in [0.3, 0.4) is 0 Å². The van der Waals surface area contributed by atoms with Crippen molar-refractivity contribution in [3.05, 3.63) is 59.2 Å². The van der Waals surface area contributed by atoms with E-state index in [1.54, 1.807) is 6.08 Å². The van der Waals surface area contributed by atoms with Crippen LogP contribution in [0, 0.1) is 0 Å². The number of carboxylic acids is 1. The van der Waals surface area contributed by atoms with Crippen LogP contribution in [0.5, 0.6) is 0 Å². The van der Waals surface area contributed by atoms with E-state index in [9.17, 15) is 18.3 Å². The molecule has 22 heavy (non-hydrogen) atoms. The molecule has 1 aromatic rings. The second-order valence-electron chi connectivity index (χ2n) is 5.31. The summed E-state index contributed by atoms with van der Waals surface area (Å²) in [6.07, 6.45) is 6.42. The standard InChI is InChI=1S/C17H20O4S/c1-12(2)5-6-13(3)11-16(17(18)19)14-7-9-15(10-8-14)22(4,20)21/h5-11H,1-4H3,(H,18,19)/b13-6+,16-11+. The largest absolute Gasteiger partial charge is 0.478 e. The van der Waals surface area contributed by atoms with Crippen LogP contribution in [0.25, 0.3) is 5.57 Å². The third-order valence-corrected chi connectivity index (χ3v) is 4.00. The fourth-order valence-electron chi connectivity index (χ4n) is 1.72. The van der Waals surface area contributed by atoms with E-state index in [4.69, 9.17) is 0 Å². The molecule has 1 rings (SSSR count). The van der Waals surface area contributed by atoms with Gasteiger partial charge in [-0.25, -0.2) is 13.2 Å². The van der Waals surface area contributed by atoms with Crippen LogP contribution in [0.15, 0.2) is 58.5 Å². The fraction of sp³-hybridized carbons (Fsp3) is 0.235. The molecule has 0 atom stereocenters. The first-order valence-corrected chi connectivity index (χ1v) is 8.57. The Kier molecular flexibility index (Phi) is 5.88. The molecule has 0 spiro atoms. The van der Waals surface area contributed by atoms with E-state index in [1.807, 2.05) is 32.9 Å². The zero-order chi connectivity index (χ0) is 16.9. The second-order valence-corrected chi connectivity index (χ2v) is 7.33. The Labute approximate surface area is 131 Å². The summed E-state index contributed by atoms with van der Waals surface area (Å²) in [7, 11) is -3.29. The summed E-state index contributed by atoms with van der Waals surface area (Å²) in [5.41, 5.74) is 2.49. The molecule has 5 heteroatoms. The minimum Gasteiger partial charge on any atom is -0.478 e. The van der Waals surface area contributed by atoms with Gasteiger partial charge in [-0.3, -0.25) is 0 Å². The summed E-state index contributed by atoms with van der Waals surface area (Å²) in [5.74, 6) is -1.06. The molecule has 4 nitrogen and oxygen atoms in total. The summed E-state index contributed by atoms with van der Waals surface area (Å²) in [5, 5.41) is 9.35. The Morgan fingerprint density at radius 2 is 1.59 bits per heavy atom. The van der Waals surface area contributed by atoms with Crippen molar-refractivity contribution in [3.8, 4) is 0 Å². The number of allylic oxidation sites excluding steroid dienone is 5. The summed E-state index contributed by atoms with van der Waals surface area (Å²) < 4.78 is 22.9. The SMILES string of the molecule is CC(C)=C/C=C(C)/C=C(/C(=O)O)c1ccc(S(C)(=O)=O)cc1. The van der Waals surface area contributed by atoms with Gasteiger partial charge in [-0.15, -0.1) is 0 Å². The molecule has 118 valence electrons. The van der Waals surface area contributed by atoms with E-state index in [-0.39, 0.29) is 10.5 Å². The van der Waals surface area contributed by atoms with E-state index in [1.165, 1.54) is 24.3 Å². The number of hydrogen-bond acceptors (Lipinski definition) is 3. The highest BCUT2D eigenvalue weighted by Gasteiger charge is 2.12. The molecule has 1 N–H and O–H groups in total. The molecule has 0 aliphatic carbocycles. The number of rotatable bonds is 5. The number of carboxylic acid groups (broad SMARTS) is 1. The minimum atomic E-state index is -3.29. The first kappa shape index (κ1) is 17.9. The smallest absolute Gasteiger partial charge is 0.336 e. The molecule has 0 amide bonds. The van der Waals surface area contributed by atoms with Crippen molar-refractivity contribution >= 4 is 21.4 Å². The predicted molar refractivity (Wildman–Crippen MR) is 88.4 cm³/mol. The van der Waals surface area contributed by atoms with Gasteiger partial charge in [-0.05, 0) is 44.5 Å². The van der Waals surface area contributed by atoms with Crippen LogP contribution in [-0.4, -0.2) is 25.7 Å². The van der Waals surface area contributed by atoms with E-state index in [0.29, 0.717) is 5.56 Å². The zero-order valence-corrected chi connectivity index (χ0v) is 13.9. The summed E-state index contributed by atoms with van der Waals surface area (Å²) in [4.78, 5) is 11.6. The molecule has 1 aromatic carbocycles. The number of benzene rings is 1. The van der Waals surface area contributed by atoms with Gasteiger partial charge in [-0.2, -0.15) is 0 Å². The Morgan fingerprint density at radius 3 is 2.00 bits per heavy atom. The van der Waals surface area contributed by atoms with Crippen molar-refractivity contribution in [2.45, 2.75) is 25.7 Å². The van der Waals surface area contributed by atoms with Gasteiger partial charge in [0.2, 0.25) is 0 Å². The molecule has 0 bridgehead atoms. The molecule has 0 saturated heterocycles. The third-order valence-electron chi connectivity index (χ3n) is 2.88. The lowest BCUT2D eigenvalue weighted by Crippen LogP contribution is -2.02. The predicted octanol–water partition coefficient (Wildman–Crippen LogP) is 3.47. The quantitative estimate of drug-likeness (QED) is 0.666. The minimum absolute atomic E-state index is 0.121. The Bertz CT molecular complexity index is 744. The lowest BCUT2D eigenvalue weighted by Gasteiger charge is -2.05. The van der Waals surface area contributed by atoms with Crippen molar-refractivity contribution in [3.63, 3.8) is 0 Å². The van der Waals surface area contributed by atoms with Gasteiger partial charge in [0.05, 0.1) is 10.5 Å². The lowest BCUT2D eigenvalue weighted by molar-refractivity contribution is -0.130. The average molecular weight is 320 g/mol. The van der Waals surface area contributed by atoms with Crippen LogP contribution in [0.4, 0.5) is 0 Å². The molecule has 0 saturated carbocycles. The normalized spacial score (nSPS) is 12.9. The summed E-state index contributed by atoms with van der Waals surface area (Å²) >= 11 is 0. The Balaban J connectivity index is 3.25. The molecule has 0 aliphatic rings. The first-order chi connectivity index (χ1) is 10.1. The molecule has 0 heterocycles. The maximum Gasteiger partial charge on any atom is 0.336 e. The molecule has 0 radical (unpaired) electrons.